The van der Waals surface area contributed by atoms with Crippen LogP contribution in [0.5, 0.6) is 0 Å². The minimum Gasteiger partial charge on any atom is -0.311 e. The van der Waals surface area contributed by atoms with E-state index >= 15 is 0 Å². The fourth-order valence-electron chi connectivity index (χ4n) is 2.99. The van der Waals surface area contributed by atoms with Crippen molar-refractivity contribution in [3.63, 3.8) is 0 Å². The van der Waals surface area contributed by atoms with Crippen molar-refractivity contribution in [2.24, 2.45) is 0 Å². The van der Waals surface area contributed by atoms with Crippen molar-refractivity contribution in [1.82, 2.24) is 15.2 Å². The predicted octanol–water partition coefficient (Wildman–Crippen LogP) is 2.41. The molecule has 1 aromatic heterocycles. The number of hydrogen-bond donors (Lipinski definition) is 1. The van der Waals surface area contributed by atoms with Gasteiger partial charge in [0.05, 0.1) is 0 Å². The van der Waals surface area contributed by atoms with E-state index in [-0.39, 0.29) is 0 Å². The summed E-state index contributed by atoms with van der Waals surface area (Å²) in [4.78, 5) is 6.73. The number of piperazine rings is 1. The Balaban J connectivity index is 1.60. The van der Waals surface area contributed by atoms with Crippen LogP contribution < -0.4 is 5.32 Å². The lowest BCUT2D eigenvalue weighted by molar-refractivity contribution is 0.191. The number of benzene rings is 1. The molecule has 3 nitrogen and oxygen atoms in total. The van der Waals surface area contributed by atoms with Gasteiger partial charge in [0.2, 0.25) is 0 Å². The number of rotatable bonds is 4. The van der Waals surface area contributed by atoms with E-state index in [2.05, 4.69) is 58.5 Å². The number of pyridine rings is 1. The van der Waals surface area contributed by atoms with Crippen molar-refractivity contribution in [2.45, 2.75) is 25.9 Å². The molecule has 110 valence electrons. The largest absolute Gasteiger partial charge is 0.311 e. The van der Waals surface area contributed by atoms with E-state index in [4.69, 9.17) is 0 Å². The molecule has 1 aliphatic rings. The molecule has 21 heavy (non-hydrogen) atoms. The van der Waals surface area contributed by atoms with Crippen LogP contribution in [0, 0.1) is 6.92 Å². The van der Waals surface area contributed by atoms with Gasteiger partial charge in [-0.1, -0.05) is 30.3 Å². The zero-order chi connectivity index (χ0) is 14.5. The maximum Gasteiger partial charge on any atom is 0.0300 e. The van der Waals surface area contributed by atoms with Crippen LogP contribution in [-0.4, -0.2) is 35.6 Å². The van der Waals surface area contributed by atoms with Gasteiger partial charge in [-0.2, -0.15) is 0 Å². The summed E-state index contributed by atoms with van der Waals surface area (Å²) in [5.41, 5.74) is 4.10. The van der Waals surface area contributed by atoms with Crippen molar-refractivity contribution in [3.05, 3.63) is 65.5 Å². The summed E-state index contributed by atoms with van der Waals surface area (Å²) in [6, 6.07) is 13.4. The number of aromatic nitrogens is 1. The van der Waals surface area contributed by atoms with Gasteiger partial charge < -0.3 is 5.32 Å². The number of hydrogen-bond acceptors (Lipinski definition) is 3. The molecule has 2 heterocycles. The predicted molar refractivity (Wildman–Crippen MR) is 86.2 cm³/mol. The molecule has 1 fully saturated rings. The third kappa shape index (κ3) is 3.90. The summed E-state index contributed by atoms with van der Waals surface area (Å²) in [7, 11) is 0. The van der Waals surface area contributed by atoms with E-state index in [9.17, 15) is 0 Å². The standard InChI is InChI=1S/C18H23N3/c1-15-12-19-8-7-17(15)13-21-10-9-20-18(14-21)11-16-5-3-2-4-6-16/h2-8,12,18,20H,9-11,13-14H2,1H3. The molecule has 3 heteroatoms. The summed E-state index contributed by atoms with van der Waals surface area (Å²) >= 11 is 0. The fraction of sp³-hybridized carbons (Fsp3) is 0.389. The van der Waals surface area contributed by atoms with Gasteiger partial charge in [-0.3, -0.25) is 9.88 Å². The molecule has 1 atom stereocenters. The highest BCUT2D eigenvalue weighted by Crippen LogP contribution is 2.13. The molecule has 0 spiro atoms. The Morgan fingerprint density at radius 2 is 2.10 bits per heavy atom. The summed E-state index contributed by atoms with van der Waals surface area (Å²) in [6.45, 7) is 6.47. The highest BCUT2D eigenvalue weighted by Gasteiger charge is 2.19. The van der Waals surface area contributed by atoms with Crippen molar-refractivity contribution >= 4 is 0 Å². The average molecular weight is 281 g/mol. The number of aryl methyl sites for hydroxylation is 1. The monoisotopic (exact) mass is 281 g/mol. The van der Waals surface area contributed by atoms with E-state index in [1.807, 2.05) is 12.4 Å². The van der Waals surface area contributed by atoms with Gasteiger partial charge in [-0.25, -0.2) is 0 Å². The van der Waals surface area contributed by atoms with E-state index < -0.39 is 0 Å². The molecular formula is C18H23N3. The zero-order valence-corrected chi connectivity index (χ0v) is 12.6. The van der Waals surface area contributed by atoms with Crippen molar-refractivity contribution in [2.75, 3.05) is 19.6 Å². The second-order valence-corrected chi connectivity index (χ2v) is 5.88. The topological polar surface area (TPSA) is 28.2 Å². The van der Waals surface area contributed by atoms with Crippen LogP contribution in [0.15, 0.2) is 48.8 Å². The summed E-state index contributed by atoms with van der Waals surface area (Å²) < 4.78 is 0. The Morgan fingerprint density at radius 1 is 1.24 bits per heavy atom. The van der Waals surface area contributed by atoms with E-state index in [1.54, 1.807) is 0 Å². The molecule has 2 aromatic rings. The van der Waals surface area contributed by atoms with Gasteiger partial charge in [0.15, 0.2) is 0 Å². The van der Waals surface area contributed by atoms with E-state index in [0.717, 1.165) is 32.6 Å². The second-order valence-electron chi connectivity index (χ2n) is 5.88. The lowest BCUT2D eigenvalue weighted by Gasteiger charge is -2.34. The highest BCUT2D eigenvalue weighted by molar-refractivity contribution is 5.21. The van der Waals surface area contributed by atoms with Gasteiger partial charge in [0.1, 0.15) is 0 Å². The normalized spacial score (nSPS) is 19.6. The first-order chi connectivity index (χ1) is 10.3. The molecular weight excluding hydrogens is 258 g/mol. The zero-order valence-electron chi connectivity index (χ0n) is 12.6. The molecule has 1 saturated heterocycles. The summed E-state index contributed by atoms with van der Waals surface area (Å²) in [6.07, 6.45) is 4.96. The minimum absolute atomic E-state index is 0.545. The Kier molecular flexibility index (Phi) is 4.63. The average Bonchev–Trinajstić information content (AvgIpc) is 2.51. The van der Waals surface area contributed by atoms with E-state index in [0.29, 0.717) is 6.04 Å². The van der Waals surface area contributed by atoms with Gasteiger partial charge in [-0.15, -0.1) is 0 Å². The number of nitrogens with zero attached hydrogens (tertiary/aromatic N) is 2. The van der Waals surface area contributed by atoms with E-state index in [1.165, 1.54) is 16.7 Å². The fourth-order valence-corrected chi connectivity index (χ4v) is 2.99. The smallest absolute Gasteiger partial charge is 0.0300 e. The molecule has 0 aliphatic carbocycles. The van der Waals surface area contributed by atoms with Crippen molar-refractivity contribution < 1.29 is 0 Å². The minimum atomic E-state index is 0.545. The van der Waals surface area contributed by atoms with Gasteiger partial charge >= 0.3 is 0 Å². The SMILES string of the molecule is Cc1cnccc1CN1CCNC(Cc2ccccc2)C1. The van der Waals surface area contributed by atoms with Crippen LogP contribution in [0.2, 0.25) is 0 Å². The lowest BCUT2D eigenvalue weighted by atomic mass is 10.0. The molecule has 0 saturated carbocycles. The second kappa shape index (κ2) is 6.83. The molecule has 1 N–H and O–H groups in total. The molecule has 1 aliphatic heterocycles. The third-order valence-electron chi connectivity index (χ3n) is 4.19. The Labute approximate surface area is 127 Å². The maximum atomic E-state index is 4.18. The molecule has 0 radical (unpaired) electrons. The first kappa shape index (κ1) is 14.2. The molecule has 3 rings (SSSR count). The van der Waals surface area contributed by atoms with Crippen LogP contribution in [0.4, 0.5) is 0 Å². The quantitative estimate of drug-likeness (QED) is 0.933. The lowest BCUT2D eigenvalue weighted by Crippen LogP contribution is -2.51. The van der Waals surface area contributed by atoms with Gasteiger partial charge in [0, 0.05) is 44.6 Å². The highest BCUT2D eigenvalue weighted by atomic mass is 15.2. The van der Waals surface area contributed by atoms with Gasteiger partial charge in [0.25, 0.3) is 0 Å². The third-order valence-corrected chi connectivity index (χ3v) is 4.19. The van der Waals surface area contributed by atoms with Crippen LogP contribution in [-0.2, 0) is 13.0 Å². The van der Waals surface area contributed by atoms with Crippen molar-refractivity contribution in [3.8, 4) is 0 Å². The Morgan fingerprint density at radius 3 is 2.90 bits per heavy atom. The Bertz CT molecular complexity index is 568. The van der Waals surface area contributed by atoms with Crippen LogP contribution in [0.3, 0.4) is 0 Å². The van der Waals surface area contributed by atoms with Crippen molar-refractivity contribution in [1.29, 1.82) is 0 Å². The molecule has 0 bridgehead atoms. The first-order valence-electron chi connectivity index (χ1n) is 7.70. The molecule has 1 aromatic carbocycles. The molecule has 1 unspecified atom stereocenters. The van der Waals surface area contributed by atoms with Gasteiger partial charge in [-0.05, 0) is 36.1 Å². The first-order valence-corrected chi connectivity index (χ1v) is 7.70. The number of nitrogens with one attached hydrogen (secondary N) is 1. The van der Waals surface area contributed by atoms with Crippen LogP contribution >= 0.6 is 0 Å². The molecule has 0 amide bonds. The Hall–Kier alpha value is -1.71. The maximum absolute atomic E-state index is 4.18. The summed E-state index contributed by atoms with van der Waals surface area (Å²) in [5, 5.41) is 3.64. The summed E-state index contributed by atoms with van der Waals surface area (Å²) in [5.74, 6) is 0. The van der Waals surface area contributed by atoms with Crippen LogP contribution in [0.25, 0.3) is 0 Å². The van der Waals surface area contributed by atoms with Crippen LogP contribution in [0.1, 0.15) is 16.7 Å².